The molecule has 1 fully saturated rings. The molecule has 0 aromatic carbocycles. The van der Waals surface area contributed by atoms with Crippen LogP contribution in [0.1, 0.15) is 58.8 Å². The minimum atomic E-state index is -3.44. The second kappa shape index (κ2) is 6.87. The Morgan fingerprint density at radius 1 is 1.22 bits per heavy atom. The molecule has 0 bridgehead atoms. The van der Waals surface area contributed by atoms with E-state index in [1.165, 1.54) is 6.42 Å². The van der Waals surface area contributed by atoms with Gasteiger partial charge in [-0.3, -0.25) is 0 Å². The van der Waals surface area contributed by atoms with E-state index in [1.807, 2.05) is 0 Å². The lowest BCUT2D eigenvalue weighted by atomic mass is 9.81. The third kappa shape index (κ3) is 5.24. The molecule has 0 saturated heterocycles. The maximum absolute atomic E-state index is 11.4. The molecule has 0 radical (unpaired) electrons. The van der Waals surface area contributed by atoms with Gasteiger partial charge in [0.25, 0.3) is 0 Å². The lowest BCUT2D eigenvalue weighted by Crippen LogP contribution is -2.39. The van der Waals surface area contributed by atoms with E-state index in [-0.39, 0.29) is 11.2 Å². The monoisotopic (exact) mass is 277 g/mol. The first kappa shape index (κ1) is 15.9. The fraction of sp³-hybridized carbons (Fsp3) is 1.00. The third-order valence-corrected chi connectivity index (χ3v) is 4.76. The summed E-state index contributed by atoms with van der Waals surface area (Å²) in [6.07, 6.45) is 7.46. The molecule has 0 amide bonds. The smallest absolute Gasteiger partial charge is 0.209 e. The Balaban J connectivity index is 2.67. The summed E-state index contributed by atoms with van der Waals surface area (Å²) in [6.45, 7) is 4.70. The number of hydrogen-bond acceptors (Lipinski definition) is 3. The van der Waals surface area contributed by atoms with Crippen molar-refractivity contribution < 1.29 is 13.2 Å². The van der Waals surface area contributed by atoms with Crippen LogP contribution in [0.2, 0.25) is 0 Å². The number of hydrogen-bond donors (Lipinski definition) is 1. The number of nitrogens with two attached hydrogens (primary N) is 1. The van der Waals surface area contributed by atoms with E-state index in [0.717, 1.165) is 38.5 Å². The zero-order chi connectivity index (χ0) is 13.6. The highest BCUT2D eigenvalue weighted by molar-refractivity contribution is 7.89. The van der Waals surface area contributed by atoms with Crippen LogP contribution >= 0.6 is 0 Å². The predicted octanol–water partition coefficient (Wildman–Crippen LogP) is 2.43. The van der Waals surface area contributed by atoms with Gasteiger partial charge in [-0.2, -0.15) is 0 Å². The van der Waals surface area contributed by atoms with Crippen molar-refractivity contribution >= 4 is 10.0 Å². The molecule has 108 valence electrons. The Kier molecular flexibility index (Phi) is 6.08. The molecule has 0 atom stereocenters. The molecule has 0 aromatic heterocycles. The largest absolute Gasteiger partial charge is 0.378 e. The molecule has 1 saturated carbocycles. The SMILES string of the molecule is CCCC(CCC)(COC1CCC1)CS(N)(=O)=O. The van der Waals surface area contributed by atoms with Gasteiger partial charge in [0.15, 0.2) is 0 Å². The van der Waals surface area contributed by atoms with Gasteiger partial charge >= 0.3 is 0 Å². The van der Waals surface area contributed by atoms with Crippen molar-refractivity contribution in [2.75, 3.05) is 12.4 Å². The Morgan fingerprint density at radius 3 is 2.11 bits per heavy atom. The summed E-state index contributed by atoms with van der Waals surface area (Å²) in [5.74, 6) is 0.0500. The number of rotatable bonds is 9. The van der Waals surface area contributed by atoms with E-state index in [1.54, 1.807) is 0 Å². The maximum Gasteiger partial charge on any atom is 0.209 e. The van der Waals surface area contributed by atoms with Crippen molar-refractivity contribution in [2.45, 2.75) is 64.9 Å². The molecule has 4 nitrogen and oxygen atoms in total. The lowest BCUT2D eigenvalue weighted by molar-refractivity contribution is -0.0441. The summed E-state index contributed by atoms with van der Waals surface area (Å²) in [7, 11) is -3.44. The average Bonchev–Trinajstić information content (AvgIpc) is 2.13. The van der Waals surface area contributed by atoms with Crippen LogP contribution in [0.4, 0.5) is 0 Å². The summed E-state index contributed by atoms with van der Waals surface area (Å²) < 4.78 is 28.8. The van der Waals surface area contributed by atoms with Crippen LogP contribution in [0.15, 0.2) is 0 Å². The average molecular weight is 277 g/mol. The summed E-state index contributed by atoms with van der Waals surface area (Å²) in [5, 5.41) is 5.25. The van der Waals surface area contributed by atoms with Crippen molar-refractivity contribution in [3.05, 3.63) is 0 Å². The molecule has 18 heavy (non-hydrogen) atoms. The molecule has 5 heteroatoms. The molecule has 0 aromatic rings. The van der Waals surface area contributed by atoms with Crippen molar-refractivity contribution in [2.24, 2.45) is 10.6 Å². The summed E-state index contributed by atoms with van der Waals surface area (Å²) in [6, 6.07) is 0. The van der Waals surface area contributed by atoms with Crippen LogP contribution < -0.4 is 5.14 Å². The van der Waals surface area contributed by atoms with Crippen LogP contribution in [0, 0.1) is 5.41 Å². The van der Waals surface area contributed by atoms with Crippen molar-refractivity contribution in [1.82, 2.24) is 0 Å². The topological polar surface area (TPSA) is 69.4 Å². The van der Waals surface area contributed by atoms with Gasteiger partial charge in [-0.25, -0.2) is 13.6 Å². The molecule has 1 rings (SSSR count). The van der Waals surface area contributed by atoms with Gasteiger partial charge < -0.3 is 4.74 Å². The van der Waals surface area contributed by atoms with E-state index in [2.05, 4.69) is 13.8 Å². The van der Waals surface area contributed by atoms with Crippen LogP contribution in [-0.4, -0.2) is 26.9 Å². The molecular formula is C13H27NO3S. The van der Waals surface area contributed by atoms with E-state index in [4.69, 9.17) is 9.88 Å². The van der Waals surface area contributed by atoms with E-state index in [9.17, 15) is 8.42 Å². The van der Waals surface area contributed by atoms with Crippen molar-refractivity contribution in [3.8, 4) is 0 Å². The fourth-order valence-corrected chi connectivity index (χ4v) is 4.00. The first-order valence-corrected chi connectivity index (χ1v) is 8.74. The molecule has 1 aliphatic rings. The normalized spacial score (nSPS) is 17.7. The Labute approximate surface area is 111 Å². The summed E-state index contributed by atoms with van der Waals surface area (Å²) >= 11 is 0. The molecule has 0 spiro atoms. The summed E-state index contributed by atoms with van der Waals surface area (Å²) in [5.41, 5.74) is -0.285. The fourth-order valence-electron chi connectivity index (χ4n) is 2.77. The zero-order valence-electron chi connectivity index (χ0n) is 11.7. The number of sulfonamides is 1. The van der Waals surface area contributed by atoms with Gasteiger partial charge in [-0.1, -0.05) is 26.7 Å². The Morgan fingerprint density at radius 2 is 1.78 bits per heavy atom. The van der Waals surface area contributed by atoms with Gasteiger partial charge in [0.05, 0.1) is 18.5 Å². The molecule has 0 aliphatic heterocycles. The Hall–Kier alpha value is -0.130. The van der Waals surface area contributed by atoms with Crippen LogP contribution in [0.3, 0.4) is 0 Å². The van der Waals surface area contributed by atoms with Gasteiger partial charge in [0, 0.05) is 5.41 Å². The quantitative estimate of drug-likeness (QED) is 0.703. The van der Waals surface area contributed by atoms with Crippen LogP contribution in [0.5, 0.6) is 0 Å². The third-order valence-electron chi connectivity index (χ3n) is 3.75. The second-order valence-electron chi connectivity index (χ2n) is 5.67. The zero-order valence-corrected chi connectivity index (χ0v) is 12.5. The van der Waals surface area contributed by atoms with Crippen LogP contribution in [-0.2, 0) is 14.8 Å². The maximum atomic E-state index is 11.4. The highest BCUT2D eigenvalue weighted by Crippen LogP contribution is 2.34. The molecule has 0 heterocycles. The Bertz CT molecular complexity index is 330. The van der Waals surface area contributed by atoms with E-state index >= 15 is 0 Å². The van der Waals surface area contributed by atoms with E-state index in [0.29, 0.717) is 12.7 Å². The first-order valence-electron chi connectivity index (χ1n) is 7.03. The molecule has 0 unspecified atom stereocenters. The van der Waals surface area contributed by atoms with Crippen molar-refractivity contribution in [1.29, 1.82) is 0 Å². The lowest BCUT2D eigenvalue weighted by Gasteiger charge is -2.36. The summed E-state index contributed by atoms with van der Waals surface area (Å²) in [4.78, 5) is 0. The number of primary sulfonamides is 1. The minimum Gasteiger partial charge on any atom is -0.378 e. The predicted molar refractivity (Wildman–Crippen MR) is 73.8 cm³/mol. The first-order chi connectivity index (χ1) is 8.41. The second-order valence-corrected chi connectivity index (χ2v) is 7.29. The standard InChI is InChI=1S/C13H27NO3S/c1-3-8-13(9-4-2,11-18(14,15)16)10-17-12-6-5-7-12/h12H,3-11H2,1-2H3,(H2,14,15,16). The van der Waals surface area contributed by atoms with Gasteiger partial charge in [0.1, 0.15) is 0 Å². The van der Waals surface area contributed by atoms with Gasteiger partial charge in [-0.05, 0) is 32.1 Å². The van der Waals surface area contributed by atoms with Gasteiger partial charge in [-0.15, -0.1) is 0 Å². The van der Waals surface area contributed by atoms with Crippen molar-refractivity contribution in [3.63, 3.8) is 0 Å². The highest BCUT2D eigenvalue weighted by Gasteiger charge is 2.34. The highest BCUT2D eigenvalue weighted by atomic mass is 32.2. The number of ether oxygens (including phenoxy) is 1. The van der Waals surface area contributed by atoms with Crippen LogP contribution in [0.25, 0.3) is 0 Å². The molecule has 2 N–H and O–H groups in total. The van der Waals surface area contributed by atoms with E-state index < -0.39 is 10.0 Å². The molecular weight excluding hydrogens is 250 g/mol. The minimum absolute atomic E-state index is 0.0500. The van der Waals surface area contributed by atoms with Gasteiger partial charge in [0.2, 0.25) is 10.0 Å². The molecule has 1 aliphatic carbocycles.